The van der Waals surface area contributed by atoms with Crippen molar-refractivity contribution in [3.8, 4) is 0 Å². The Morgan fingerprint density at radius 3 is 2.80 bits per heavy atom. The summed E-state index contributed by atoms with van der Waals surface area (Å²) in [6.07, 6.45) is 5.27. The molecule has 0 aromatic carbocycles. The third-order valence-electron chi connectivity index (χ3n) is 4.44. The minimum atomic E-state index is -0.249. The van der Waals surface area contributed by atoms with Crippen LogP contribution < -0.4 is 0 Å². The largest absolute Gasteiger partial charge is 0.465 e. The maximum absolute atomic E-state index is 12.3. The van der Waals surface area contributed by atoms with Crippen molar-refractivity contribution in [3.63, 3.8) is 0 Å². The van der Waals surface area contributed by atoms with Gasteiger partial charge >= 0.3 is 5.97 Å². The van der Waals surface area contributed by atoms with Crippen LogP contribution in [0.3, 0.4) is 0 Å². The molecule has 2 rings (SSSR count). The standard InChI is InChI=1S/C16H25NO3/c1-4-6-7-12-8-13-9-17(10-14(13)15(12)18)11(3)16(19)20-5-2/h8,11,13-14H,4-7,9-10H2,1-3H3. The van der Waals surface area contributed by atoms with Gasteiger partial charge in [0.25, 0.3) is 0 Å². The van der Waals surface area contributed by atoms with E-state index in [0.29, 0.717) is 24.9 Å². The number of Topliss-reactive ketones (excluding diaryl/α,β-unsaturated/α-hetero) is 1. The lowest BCUT2D eigenvalue weighted by molar-refractivity contribution is -0.148. The van der Waals surface area contributed by atoms with E-state index in [4.69, 9.17) is 4.74 Å². The van der Waals surface area contributed by atoms with Crippen LogP contribution in [0, 0.1) is 11.8 Å². The number of ether oxygens (including phenoxy) is 1. The van der Waals surface area contributed by atoms with Gasteiger partial charge in [0.15, 0.2) is 5.78 Å². The molecule has 3 atom stereocenters. The highest BCUT2D eigenvalue weighted by Crippen LogP contribution is 2.36. The second-order valence-corrected chi connectivity index (χ2v) is 5.81. The zero-order valence-electron chi connectivity index (χ0n) is 12.7. The summed E-state index contributed by atoms with van der Waals surface area (Å²) in [7, 11) is 0. The lowest BCUT2D eigenvalue weighted by Crippen LogP contribution is -2.39. The zero-order chi connectivity index (χ0) is 14.7. The molecule has 0 aromatic rings. The maximum atomic E-state index is 12.3. The number of esters is 1. The van der Waals surface area contributed by atoms with Crippen LogP contribution in [0.2, 0.25) is 0 Å². The first-order valence-corrected chi connectivity index (χ1v) is 7.74. The van der Waals surface area contributed by atoms with E-state index in [1.165, 1.54) is 0 Å². The summed E-state index contributed by atoms with van der Waals surface area (Å²) in [6, 6.07) is -0.249. The number of hydrogen-bond donors (Lipinski definition) is 0. The number of likely N-dealkylation sites (tertiary alicyclic amines) is 1. The minimum absolute atomic E-state index is 0.0683. The molecule has 1 aliphatic heterocycles. The first-order chi connectivity index (χ1) is 9.58. The molecule has 1 aliphatic carbocycles. The van der Waals surface area contributed by atoms with Crippen LogP contribution in [0.4, 0.5) is 0 Å². The fraction of sp³-hybridized carbons (Fsp3) is 0.750. The predicted octanol–water partition coefficient (Wildman–Crippen LogP) is 2.19. The number of fused-ring (bicyclic) bond motifs is 1. The van der Waals surface area contributed by atoms with E-state index in [1.807, 2.05) is 13.8 Å². The predicted molar refractivity (Wildman–Crippen MR) is 77.3 cm³/mol. The van der Waals surface area contributed by atoms with Crippen molar-refractivity contribution in [3.05, 3.63) is 11.6 Å². The fourth-order valence-corrected chi connectivity index (χ4v) is 3.19. The van der Waals surface area contributed by atoms with Crippen molar-refractivity contribution in [1.82, 2.24) is 4.90 Å². The highest BCUT2D eigenvalue weighted by molar-refractivity contribution is 6.00. The Morgan fingerprint density at radius 2 is 2.20 bits per heavy atom. The summed E-state index contributed by atoms with van der Waals surface area (Å²) in [5.74, 6) is 0.488. The Morgan fingerprint density at radius 1 is 1.45 bits per heavy atom. The van der Waals surface area contributed by atoms with Gasteiger partial charge in [-0.05, 0) is 32.3 Å². The van der Waals surface area contributed by atoms with Crippen LogP contribution in [0.25, 0.3) is 0 Å². The maximum Gasteiger partial charge on any atom is 0.323 e. The number of carbonyl (C=O) groups excluding carboxylic acids is 2. The van der Waals surface area contributed by atoms with Crippen LogP contribution >= 0.6 is 0 Å². The molecule has 112 valence electrons. The molecule has 0 saturated carbocycles. The summed E-state index contributed by atoms with van der Waals surface area (Å²) in [6.45, 7) is 7.72. The quantitative estimate of drug-likeness (QED) is 0.699. The molecule has 3 unspecified atom stereocenters. The smallest absolute Gasteiger partial charge is 0.323 e. The molecule has 2 aliphatic rings. The summed E-state index contributed by atoms with van der Waals surface area (Å²) < 4.78 is 5.06. The second kappa shape index (κ2) is 6.53. The van der Waals surface area contributed by atoms with Crippen LogP contribution in [0.5, 0.6) is 0 Å². The minimum Gasteiger partial charge on any atom is -0.465 e. The Bertz CT molecular complexity index is 416. The SMILES string of the molecule is CCCCC1=CC2CN(C(C)C(=O)OCC)CC2C1=O. The van der Waals surface area contributed by atoms with Crippen LogP contribution in [0.1, 0.15) is 40.0 Å². The average Bonchev–Trinajstić information content (AvgIpc) is 2.96. The van der Waals surface area contributed by atoms with E-state index in [-0.39, 0.29) is 17.9 Å². The summed E-state index contributed by atoms with van der Waals surface area (Å²) in [5, 5.41) is 0. The van der Waals surface area contributed by atoms with Crippen molar-refractivity contribution in [2.75, 3.05) is 19.7 Å². The van der Waals surface area contributed by atoms with Gasteiger partial charge in [-0.2, -0.15) is 0 Å². The van der Waals surface area contributed by atoms with Gasteiger partial charge in [0.1, 0.15) is 6.04 Å². The second-order valence-electron chi connectivity index (χ2n) is 5.81. The van der Waals surface area contributed by atoms with E-state index in [9.17, 15) is 9.59 Å². The number of unbranched alkanes of at least 4 members (excludes halogenated alkanes) is 1. The Balaban J connectivity index is 1.95. The lowest BCUT2D eigenvalue weighted by atomic mass is 9.97. The summed E-state index contributed by atoms with van der Waals surface area (Å²) in [5.41, 5.74) is 1.02. The number of carbonyl (C=O) groups is 2. The number of rotatable bonds is 6. The highest BCUT2D eigenvalue weighted by Gasteiger charge is 2.44. The van der Waals surface area contributed by atoms with E-state index in [1.54, 1.807) is 0 Å². The van der Waals surface area contributed by atoms with Crippen molar-refractivity contribution in [2.45, 2.75) is 46.1 Å². The zero-order valence-corrected chi connectivity index (χ0v) is 12.7. The third-order valence-corrected chi connectivity index (χ3v) is 4.44. The molecule has 0 N–H and O–H groups in total. The van der Waals surface area contributed by atoms with Gasteiger partial charge in [-0.1, -0.05) is 19.4 Å². The molecule has 4 heteroatoms. The van der Waals surface area contributed by atoms with Gasteiger partial charge in [0, 0.05) is 24.9 Å². The van der Waals surface area contributed by atoms with Crippen LogP contribution in [-0.2, 0) is 14.3 Å². The molecule has 0 amide bonds. The molecule has 1 heterocycles. The van der Waals surface area contributed by atoms with E-state index in [0.717, 1.165) is 31.4 Å². The van der Waals surface area contributed by atoms with Crippen molar-refractivity contribution >= 4 is 11.8 Å². The normalized spacial score (nSPS) is 27.4. The Kier molecular flexibility index (Phi) is 4.97. The molecule has 0 bridgehead atoms. The van der Waals surface area contributed by atoms with Gasteiger partial charge in [0.05, 0.1) is 6.61 Å². The Labute approximate surface area is 121 Å². The first-order valence-electron chi connectivity index (χ1n) is 7.74. The molecular formula is C16H25NO3. The molecule has 1 fully saturated rings. The highest BCUT2D eigenvalue weighted by atomic mass is 16.5. The monoisotopic (exact) mass is 279 g/mol. The topological polar surface area (TPSA) is 46.6 Å². The van der Waals surface area contributed by atoms with Gasteiger partial charge in [0.2, 0.25) is 0 Å². The third kappa shape index (κ3) is 2.95. The summed E-state index contributed by atoms with van der Waals surface area (Å²) >= 11 is 0. The van der Waals surface area contributed by atoms with Crippen molar-refractivity contribution < 1.29 is 14.3 Å². The van der Waals surface area contributed by atoms with Gasteiger partial charge in [-0.15, -0.1) is 0 Å². The summed E-state index contributed by atoms with van der Waals surface area (Å²) in [4.78, 5) is 26.2. The van der Waals surface area contributed by atoms with Gasteiger partial charge < -0.3 is 4.74 Å². The lowest BCUT2D eigenvalue weighted by Gasteiger charge is -2.22. The van der Waals surface area contributed by atoms with Crippen molar-refractivity contribution in [1.29, 1.82) is 0 Å². The molecule has 1 saturated heterocycles. The number of allylic oxidation sites excluding steroid dienone is 1. The van der Waals surface area contributed by atoms with Crippen LogP contribution in [-0.4, -0.2) is 42.4 Å². The number of nitrogens with zero attached hydrogens (tertiary/aromatic N) is 1. The molecule has 0 spiro atoms. The van der Waals surface area contributed by atoms with Gasteiger partial charge in [-0.3, -0.25) is 14.5 Å². The number of ketones is 1. The van der Waals surface area contributed by atoms with Gasteiger partial charge in [-0.25, -0.2) is 0 Å². The average molecular weight is 279 g/mol. The van der Waals surface area contributed by atoms with Crippen LogP contribution in [0.15, 0.2) is 11.6 Å². The van der Waals surface area contributed by atoms with E-state index >= 15 is 0 Å². The number of hydrogen-bond acceptors (Lipinski definition) is 4. The first kappa shape index (κ1) is 15.2. The van der Waals surface area contributed by atoms with E-state index < -0.39 is 0 Å². The van der Waals surface area contributed by atoms with E-state index in [2.05, 4.69) is 17.9 Å². The molecular weight excluding hydrogens is 254 g/mol. The molecule has 0 aromatic heterocycles. The van der Waals surface area contributed by atoms with Crippen molar-refractivity contribution in [2.24, 2.45) is 11.8 Å². The molecule has 20 heavy (non-hydrogen) atoms. The Hall–Kier alpha value is -1.16. The molecule has 4 nitrogen and oxygen atoms in total. The molecule has 0 radical (unpaired) electrons. The fourth-order valence-electron chi connectivity index (χ4n) is 3.19.